The number of methoxy groups -OCH3 is 2. The van der Waals surface area contributed by atoms with Crippen LogP contribution in [0.2, 0.25) is 0 Å². The fraction of sp³-hybridized carbons (Fsp3) is 0.632. The molecule has 1 aromatic carbocycles. The lowest BCUT2D eigenvalue weighted by atomic mass is 10.1. The number of hydrogen-bond acceptors (Lipinski definition) is 5. The number of piperazine rings is 1. The molecule has 1 saturated heterocycles. The summed E-state index contributed by atoms with van der Waals surface area (Å²) in [6, 6.07) is 7.65. The highest BCUT2D eigenvalue weighted by molar-refractivity contribution is 5.85. The lowest BCUT2D eigenvalue weighted by molar-refractivity contribution is -0.140. The van der Waals surface area contributed by atoms with E-state index in [2.05, 4.69) is 4.90 Å². The van der Waals surface area contributed by atoms with Crippen LogP contribution in [0, 0.1) is 5.41 Å². The fourth-order valence-corrected chi connectivity index (χ4v) is 3.34. The van der Waals surface area contributed by atoms with Gasteiger partial charge in [-0.05, 0) is 25.0 Å². The minimum absolute atomic E-state index is 0.216. The van der Waals surface area contributed by atoms with Gasteiger partial charge in [-0.1, -0.05) is 6.07 Å². The number of benzene rings is 1. The molecule has 0 atom stereocenters. The van der Waals surface area contributed by atoms with Crippen LogP contribution in [0.1, 0.15) is 12.8 Å². The van der Waals surface area contributed by atoms with E-state index in [1.165, 1.54) is 0 Å². The second-order valence-corrected chi connectivity index (χ2v) is 6.87. The molecule has 1 amide bonds. The van der Waals surface area contributed by atoms with Crippen molar-refractivity contribution in [2.75, 3.05) is 60.2 Å². The van der Waals surface area contributed by atoms with Gasteiger partial charge in [0.25, 0.3) is 0 Å². The Morgan fingerprint density at radius 3 is 2.48 bits per heavy atom. The maximum atomic E-state index is 12.6. The van der Waals surface area contributed by atoms with E-state index in [0.29, 0.717) is 13.2 Å². The lowest BCUT2D eigenvalue weighted by Gasteiger charge is -2.36. The van der Waals surface area contributed by atoms with E-state index in [1.807, 2.05) is 29.2 Å². The summed E-state index contributed by atoms with van der Waals surface area (Å²) in [5, 5.41) is 0. The van der Waals surface area contributed by atoms with Crippen LogP contribution in [-0.4, -0.2) is 75.9 Å². The van der Waals surface area contributed by atoms with Gasteiger partial charge in [-0.3, -0.25) is 9.69 Å². The van der Waals surface area contributed by atoms with Gasteiger partial charge in [0.05, 0.1) is 19.1 Å². The predicted octanol–water partition coefficient (Wildman–Crippen LogP) is 1.64. The third-order valence-electron chi connectivity index (χ3n) is 5.10. The maximum Gasteiger partial charge on any atom is 0.231 e. The molecule has 0 N–H and O–H groups in total. The van der Waals surface area contributed by atoms with Crippen molar-refractivity contribution >= 4 is 5.91 Å². The number of nitrogens with zero attached hydrogens (tertiary/aromatic N) is 2. The number of carbonyl (C=O) groups is 1. The highest BCUT2D eigenvalue weighted by Gasteiger charge is 2.51. The molecule has 0 bridgehead atoms. The highest BCUT2D eigenvalue weighted by Crippen LogP contribution is 2.47. The highest BCUT2D eigenvalue weighted by atomic mass is 16.5. The summed E-state index contributed by atoms with van der Waals surface area (Å²) < 4.78 is 16.2. The molecule has 1 aromatic rings. The predicted molar refractivity (Wildman–Crippen MR) is 95.1 cm³/mol. The Kier molecular flexibility index (Phi) is 5.81. The minimum Gasteiger partial charge on any atom is -0.497 e. The van der Waals surface area contributed by atoms with Crippen LogP contribution in [-0.2, 0) is 9.53 Å². The van der Waals surface area contributed by atoms with Crippen LogP contribution in [0.4, 0.5) is 0 Å². The van der Waals surface area contributed by atoms with Crippen molar-refractivity contribution in [3.8, 4) is 11.5 Å². The zero-order chi connectivity index (χ0) is 17.7. The third kappa shape index (κ3) is 4.44. The van der Waals surface area contributed by atoms with Crippen LogP contribution in [0.3, 0.4) is 0 Å². The SMILES string of the molecule is COCC1(C(=O)N2CCN(CCOc3cccc(OC)c3)CC2)CC1. The third-order valence-corrected chi connectivity index (χ3v) is 5.10. The van der Waals surface area contributed by atoms with Crippen LogP contribution in [0.15, 0.2) is 24.3 Å². The van der Waals surface area contributed by atoms with E-state index in [9.17, 15) is 4.79 Å². The molecule has 1 saturated carbocycles. The van der Waals surface area contributed by atoms with E-state index in [-0.39, 0.29) is 11.3 Å². The molecule has 6 heteroatoms. The number of ether oxygens (including phenoxy) is 3. The fourth-order valence-electron chi connectivity index (χ4n) is 3.34. The molecule has 1 heterocycles. The Bertz CT molecular complexity index is 581. The first-order valence-electron chi connectivity index (χ1n) is 8.94. The Morgan fingerprint density at radius 2 is 1.84 bits per heavy atom. The second kappa shape index (κ2) is 8.06. The lowest BCUT2D eigenvalue weighted by Crippen LogP contribution is -2.52. The zero-order valence-corrected chi connectivity index (χ0v) is 15.2. The van der Waals surface area contributed by atoms with E-state index in [4.69, 9.17) is 14.2 Å². The van der Waals surface area contributed by atoms with E-state index in [1.54, 1.807) is 14.2 Å². The van der Waals surface area contributed by atoms with Gasteiger partial charge in [-0.15, -0.1) is 0 Å². The summed E-state index contributed by atoms with van der Waals surface area (Å²) in [7, 11) is 3.33. The summed E-state index contributed by atoms with van der Waals surface area (Å²) in [4.78, 5) is 17.0. The first kappa shape index (κ1) is 18.0. The second-order valence-electron chi connectivity index (χ2n) is 6.87. The first-order chi connectivity index (χ1) is 12.2. The van der Waals surface area contributed by atoms with Crippen molar-refractivity contribution in [3.05, 3.63) is 24.3 Å². The van der Waals surface area contributed by atoms with Crippen LogP contribution < -0.4 is 9.47 Å². The molecular weight excluding hydrogens is 320 g/mol. The molecule has 0 unspecified atom stereocenters. The molecule has 2 fully saturated rings. The van der Waals surface area contributed by atoms with E-state index < -0.39 is 0 Å². The van der Waals surface area contributed by atoms with Crippen LogP contribution in [0.5, 0.6) is 11.5 Å². The Labute approximate surface area is 149 Å². The summed E-state index contributed by atoms with van der Waals surface area (Å²) >= 11 is 0. The van der Waals surface area contributed by atoms with E-state index in [0.717, 1.165) is 57.1 Å². The molecule has 1 aliphatic carbocycles. The Balaban J connectivity index is 1.38. The van der Waals surface area contributed by atoms with Gasteiger partial charge in [0, 0.05) is 45.9 Å². The maximum absolute atomic E-state index is 12.6. The van der Waals surface area contributed by atoms with Gasteiger partial charge < -0.3 is 19.1 Å². The number of carbonyl (C=O) groups excluding carboxylic acids is 1. The summed E-state index contributed by atoms with van der Waals surface area (Å²) in [5.74, 6) is 1.90. The summed E-state index contributed by atoms with van der Waals surface area (Å²) in [5.41, 5.74) is -0.216. The molecule has 3 rings (SSSR count). The van der Waals surface area contributed by atoms with Crippen molar-refractivity contribution in [2.45, 2.75) is 12.8 Å². The Hall–Kier alpha value is -1.79. The number of hydrogen-bond donors (Lipinski definition) is 0. The smallest absolute Gasteiger partial charge is 0.231 e. The quantitative estimate of drug-likeness (QED) is 0.715. The molecule has 138 valence electrons. The van der Waals surface area contributed by atoms with Gasteiger partial charge in [0.15, 0.2) is 0 Å². The molecule has 0 radical (unpaired) electrons. The van der Waals surface area contributed by atoms with E-state index >= 15 is 0 Å². The van der Waals surface area contributed by atoms with Crippen LogP contribution in [0.25, 0.3) is 0 Å². The monoisotopic (exact) mass is 348 g/mol. The molecule has 2 aliphatic rings. The largest absolute Gasteiger partial charge is 0.497 e. The summed E-state index contributed by atoms with van der Waals surface area (Å²) in [6.45, 7) is 5.44. The number of rotatable bonds is 8. The molecular formula is C19H28N2O4. The molecule has 0 spiro atoms. The molecule has 6 nitrogen and oxygen atoms in total. The van der Waals surface area contributed by atoms with Crippen molar-refractivity contribution in [3.63, 3.8) is 0 Å². The summed E-state index contributed by atoms with van der Waals surface area (Å²) in [6.07, 6.45) is 1.93. The molecule has 1 aliphatic heterocycles. The average Bonchev–Trinajstić information content (AvgIpc) is 3.43. The van der Waals surface area contributed by atoms with Crippen molar-refractivity contribution in [2.24, 2.45) is 5.41 Å². The van der Waals surface area contributed by atoms with Crippen molar-refractivity contribution < 1.29 is 19.0 Å². The van der Waals surface area contributed by atoms with Gasteiger partial charge in [-0.2, -0.15) is 0 Å². The van der Waals surface area contributed by atoms with Crippen molar-refractivity contribution in [1.82, 2.24) is 9.80 Å². The topological polar surface area (TPSA) is 51.2 Å². The molecule has 25 heavy (non-hydrogen) atoms. The average molecular weight is 348 g/mol. The van der Waals surface area contributed by atoms with Gasteiger partial charge in [0.2, 0.25) is 5.91 Å². The zero-order valence-electron chi connectivity index (χ0n) is 15.2. The first-order valence-corrected chi connectivity index (χ1v) is 8.94. The van der Waals surface area contributed by atoms with Crippen LogP contribution >= 0.6 is 0 Å². The van der Waals surface area contributed by atoms with Gasteiger partial charge in [0.1, 0.15) is 18.1 Å². The Morgan fingerprint density at radius 1 is 1.12 bits per heavy atom. The molecule has 0 aromatic heterocycles. The minimum atomic E-state index is -0.216. The van der Waals surface area contributed by atoms with Gasteiger partial charge in [-0.25, -0.2) is 0 Å². The number of amides is 1. The standard InChI is InChI=1S/C19H28N2O4/c1-23-15-19(6-7-19)18(22)21-10-8-20(9-11-21)12-13-25-17-5-3-4-16(14-17)24-2/h3-5,14H,6-13,15H2,1-2H3. The normalized spacial score (nSPS) is 19.5. The van der Waals surface area contributed by atoms with Gasteiger partial charge >= 0.3 is 0 Å². The van der Waals surface area contributed by atoms with Crippen molar-refractivity contribution in [1.29, 1.82) is 0 Å².